The second-order valence-corrected chi connectivity index (χ2v) is 8.78. The van der Waals surface area contributed by atoms with Gasteiger partial charge in [-0.15, -0.1) is 0 Å². The van der Waals surface area contributed by atoms with Gasteiger partial charge in [-0.2, -0.15) is 14.5 Å². The minimum atomic E-state index is -0.595. The molecule has 1 aliphatic carbocycles. The van der Waals surface area contributed by atoms with Crippen molar-refractivity contribution in [1.82, 2.24) is 25.1 Å². The monoisotopic (exact) mass is 466 g/mol. The Morgan fingerprint density at radius 3 is 3.00 bits per heavy atom. The van der Waals surface area contributed by atoms with Gasteiger partial charge in [0.15, 0.2) is 5.82 Å². The average molecular weight is 467 g/mol. The molecule has 1 amide bonds. The summed E-state index contributed by atoms with van der Waals surface area (Å²) in [6.45, 7) is 2.61. The number of nitrogens with zero attached hydrogens (tertiary/aromatic N) is 5. The molecule has 0 saturated carbocycles. The van der Waals surface area contributed by atoms with Crippen LogP contribution in [0.2, 0.25) is 0 Å². The predicted molar refractivity (Wildman–Crippen MR) is 125 cm³/mol. The zero-order valence-corrected chi connectivity index (χ0v) is 18.9. The van der Waals surface area contributed by atoms with E-state index in [-0.39, 0.29) is 18.4 Å². The molecule has 2 unspecified atom stereocenters. The number of aliphatic hydroxyl groups excluding tert-OH is 1. The molecule has 10 nitrogen and oxygen atoms in total. The number of nitrogens with one attached hydrogen (secondary N) is 3. The number of carbonyl (C=O) groups is 1. The summed E-state index contributed by atoms with van der Waals surface area (Å²) < 4.78 is 13.1. The van der Waals surface area contributed by atoms with Crippen LogP contribution in [0.4, 0.5) is 27.7 Å². The second-order valence-electron chi connectivity index (χ2n) is 8.78. The third-order valence-corrected chi connectivity index (χ3v) is 6.38. The number of aliphatic hydroxyl groups is 1. The topological polar surface area (TPSA) is 132 Å². The molecule has 2 aliphatic rings. The fourth-order valence-corrected chi connectivity index (χ4v) is 4.48. The van der Waals surface area contributed by atoms with E-state index >= 15 is 0 Å². The van der Waals surface area contributed by atoms with Crippen LogP contribution in [0.15, 0.2) is 24.4 Å². The van der Waals surface area contributed by atoms with Crippen LogP contribution in [0, 0.1) is 5.95 Å². The summed E-state index contributed by atoms with van der Waals surface area (Å²) in [7, 11) is 0. The van der Waals surface area contributed by atoms with Crippen molar-refractivity contribution in [2.75, 3.05) is 28.7 Å². The molecule has 4 N–H and O–H groups in total. The van der Waals surface area contributed by atoms with Gasteiger partial charge in [-0.05, 0) is 44.2 Å². The molecular weight excluding hydrogens is 439 g/mol. The first-order valence-corrected chi connectivity index (χ1v) is 11.5. The van der Waals surface area contributed by atoms with Crippen molar-refractivity contribution in [3.63, 3.8) is 0 Å². The van der Waals surface area contributed by atoms with Crippen LogP contribution >= 0.6 is 0 Å². The molecule has 34 heavy (non-hydrogen) atoms. The number of amides is 1. The maximum absolute atomic E-state index is 13.1. The summed E-state index contributed by atoms with van der Waals surface area (Å²) in [6, 6.07) is 4.14. The highest BCUT2D eigenvalue weighted by atomic mass is 19.1. The van der Waals surface area contributed by atoms with E-state index < -0.39 is 12.0 Å². The summed E-state index contributed by atoms with van der Waals surface area (Å²) in [5.74, 6) is 0.989. The zero-order valence-electron chi connectivity index (χ0n) is 18.9. The highest BCUT2D eigenvalue weighted by molar-refractivity contribution is 5.96. The Labute approximate surface area is 196 Å². The van der Waals surface area contributed by atoms with E-state index in [0.29, 0.717) is 36.2 Å². The number of aromatic nitrogens is 5. The predicted octanol–water partition coefficient (Wildman–Crippen LogP) is 2.67. The van der Waals surface area contributed by atoms with E-state index in [1.54, 1.807) is 0 Å². The Morgan fingerprint density at radius 1 is 1.32 bits per heavy atom. The molecule has 11 heteroatoms. The molecule has 1 aliphatic heterocycles. The number of halogens is 1. The fourth-order valence-electron chi connectivity index (χ4n) is 4.48. The van der Waals surface area contributed by atoms with Crippen molar-refractivity contribution in [2.24, 2.45) is 0 Å². The largest absolute Gasteiger partial charge is 0.396 e. The Hall–Kier alpha value is -3.60. The molecule has 1 fully saturated rings. The Bertz CT molecular complexity index is 1180. The van der Waals surface area contributed by atoms with Crippen molar-refractivity contribution in [2.45, 2.75) is 51.0 Å². The number of aryl methyl sites for hydroxylation is 1. The number of rotatable bonds is 7. The van der Waals surface area contributed by atoms with E-state index in [4.69, 9.17) is 9.97 Å². The molecule has 0 spiro atoms. The van der Waals surface area contributed by atoms with Gasteiger partial charge in [0.2, 0.25) is 17.8 Å². The molecule has 4 heterocycles. The van der Waals surface area contributed by atoms with E-state index in [9.17, 15) is 14.3 Å². The molecule has 5 rings (SSSR count). The molecule has 3 aromatic heterocycles. The lowest BCUT2D eigenvalue weighted by Gasteiger charge is -2.25. The number of H-pyrrole nitrogens is 1. The van der Waals surface area contributed by atoms with Crippen LogP contribution < -0.4 is 15.5 Å². The summed E-state index contributed by atoms with van der Waals surface area (Å²) in [4.78, 5) is 28.1. The van der Waals surface area contributed by atoms with Gasteiger partial charge in [0.05, 0.1) is 24.2 Å². The van der Waals surface area contributed by atoms with E-state index in [1.807, 2.05) is 17.9 Å². The van der Waals surface area contributed by atoms with E-state index in [1.165, 1.54) is 18.3 Å². The van der Waals surface area contributed by atoms with Crippen LogP contribution in [0.1, 0.15) is 49.1 Å². The lowest BCUT2D eigenvalue weighted by atomic mass is 10.1. The maximum Gasteiger partial charge on any atom is 0.247 e. The van der Waals surface area contributed by atoms with E-state index in [0.717, 1.165) is 42.6 Å². The van der Waals surface area contributed by atoms with Gasteiger partial charge < -0.3 is 20.6 Å². The Balaban J connectivity index is 1.39. The van der Waals surface area contributed by atoms with Crippen LogP contribution in [0.3, 0.4) is 0 Å². The van der Waals surface area contributed by atoms with Crippen molar-refractivity contribution in [3.05, 3.63) is 47.3 Å². The molecule has 178 valence electrons. The molecule has 0 aromatic carbocycles. The summed E-state index contributed by atoms with van der Waals surface area (Å²) >= 11 is 0. The van der Waals surface area contributed by atoms with Gasteiger partial charge in [0.1, 0.15) is 11.9 Å². The van der Waals surface area contributed by atoms with E-state index in [2.05, 4.69) is 25.8 Å². The number of hydrogen-bond acceptors (Lipinski definition) is 8. The lowest BCUT2D eigenvalue weighted by molar-refractivity contribution is -0.117. The van der Waals surface area contributed by atoms with Crippen molar-refractivity contribution in [3.8, 4) is 0 Å². The van der Waals surface area contributed by atoms with Gasteiger partial charge >= 0.3 is 0 Å². The van der Waals surface area contributed by atoms with Gasteiger partial charge in [-0.3, -0.25) is 9.89 Å². The minimum absolute atomic E-state index is 0.0289. The quantitative estimate of drug-likeness (QED) is 0.391. The summed E-state index contributed by atoms with van der Waals surface area (Å²) in [5, 5.41) is 22.8. The van der Waals surface area contributed by atoms with Crippen LogP contribution in [0.25, 0.3) is 0 Å². The third kappa shape index (κ3) is 4.43. The first-order chi connectivity index (χ1) is 16.5. The minimum Gasteiger partial charge on any atom is -0.396 e. The molecule has 0 radical (unpaired) electrons. The Kier molecular flexibility index (Phi) is 6.10. The molecule has 0 bridgehead atoms. The Morgan fingerprint density at radius 2 is 2.21 bits per heavy atom. The number of hydrogen-bond donors (Lipinski definition) is 4. The highest BCUT2D eigenvalue weighted by Crippen LogP contribution is 2.33. The maximum atomic E-state index is 13.1. The molecule has 3 aromatic rings. The van der Waals surface area contributed by atoms with Gasteiger partial charge in [0, 0.05) is 29.8 Å². The number of fused-ring (bicyclic) bond motifs is 1. The molecule has 1 saturated heterocycles. The fraction of sp³-hybridized carbons (Fsp3) is 0.435. The summed E-state index contributed by atoms with van der Waals surface area (Å²) in [6.07, 6.45) is 5.55. The first kappa shape index (κ1) is 22.2. The zero-order chi connectivity index (χ0) is 23.7. The summed E-state index contributed by atoms with van der Waals surface area (Å²) in [5.41, 5.74) is 3.34. The highest BCUT2D eigenvalue weighted by Gasteiger charge is 2.34. The third-order valence-electron chi connectivity index (χ3n) is 6.38. The van der Waals surface area contributed by atoms with Crippen LogP contribution in [-0.2, 0) is 17.6 Å². The van der Waals surface area contributed by atoms with Crippen LogP contribution in [0.5, 0.6) is 0 Å². The number of aromatic amines is 1. The SMILES string of the molecule is CC(CO)c1cc(Nc2nc(N3CCCC3C(=O)Nc3ccc(F)nc3)nc3c2CCC3)n[nH]1. The molecule has 2 atom stereocenters. The van der Waals surface area contributed by atoms with Gasteiger partial charge in [-0.25, -0.2) is 9.97 Å². The average Bonchev–Trinajstić information content (AvgIpc) is 3.60. The van der Waals surface area contributed by atoms with Gasteiger partial charge in [-0.1, -0.05) is 6.92 Å². The van der Waals surface area contributed by atoms with Gasteiger partial charge in [0.25, 0.3) is 0 Å². The van der Waals surface area contributed by atoms with Crippen molar-refractivity contribution in [1.29, 1.82) is 0 Å². The van der Waals surface area contributed by atoms with Crippen molar-refractivity contribution < 1.29 is 14.3 Å². The normalized spacial score (nSPS) is 18.1. The first-order valence-electron chi connectivity index (χ1n) is 11.5. The number of carbonyl (C=O) groups excluding carboxylic acids is 1. The smallest absolute Gasteiger partial charge is 0.247 e. The van der Waals surface area contributed by atoms with Crippen molar-refractivity contribution >= 4 is 29.2 Å². The lowest BCUT2D eigenvalue weighted by Crippen LogP contribution is -2.40. The standard InChI is InChI=1S/C23H27FN8O2/c1-13(12-33)17-10-20(31-30-17)28-21-15-4-2-5-16(15)27-23(29-21)32-9-3-6-18(32)22(34)26-14-7-8-19(24)25-11-14/h7-8,10-11,13,18,33H,2-6,9,12H2,1H3,(H,26,34)(H2,27,28,29,30,31). The second kappa shape index (κ2) is 9.34. The number of anilines is 4. The number of pyridine rings is 1. The molecular formula is C23H27FN8O2. The van der Waals surface area contributed by atoms with Crippen LogP contribution in [-0.4, -0.2) is 55.4 Å².